The lowest BCUT2D eigenvalue weighted by molar-refractivity contribution is -0.124. The van der Waals surface area contributed by atoms with Crippen LogP contribution in [-0.4, -0.2) is 65.3 Å². The zero-order valence-corrected chi connectivity index (χ0v) is 17.1. The molecule has 1 saturated heterocycles. The summed E-state index contributed by atoms with van der Waals surface area (Å²) in [5.74, 6) is -0.230. The number of piperazine rings is 1. The normalized spacial score (nSPS) is 18.1. The number of rotatable bonds is 6. The van der Waals surface area contributed by atoms with E-state index in [-0.39, 0.29) is 6.09 Å². The Hall–Kier alpha value is -2.12. The molecule has 0 saturated carbocycles. The van der Waals surface area contributed by atoms with Crippen LogP contribution in [0.25, 0.3) is 0 Å². The van der Waals surface area contributed by atoms with E-state index in [4.69, 9.17) is 9.94 Å². The van der Waals surface area contributed by atoms with Crippen molar-refractivity contribution in [2.24, 2.45) is 5.92 Å². The van der Waals surface area contributed by atoms with E-state index in [1.807, 2.05) is 39.8 Å². The molecule has 0 aromatic rings. The van der Waals surface area contributed by atoms with E-state index in [0.29, 0.717) is 19.0 Å². The van der Waals surface area contributed by atoms with Crippen molar-refractivity contribution in [3.8, 4) is 0 Å². The summed E-state index contributed by atoms with van der Waals surface area (Å²) in [5, 5.41) is 8.50. The molecule has 0 aromatic carbocycles. The number of nitrogens with one attached hydrogen (secondary N) is 1. The number of hydrogen-bond acceptors (Lipinski definition) is 5. The highest BCUT2D eigenvalue weighted by atomic mass is 16.6. The van der Waals surface area contributed by atoms with E-state index in [0.717, 1.165) is 25.2 Å². The van der Waals surface area contributed by atoms with Crippen LogP contribution in [0.4, 0.5) is 4.79 Å². The molecular formula is C20H33N3O4. The summed E-state index contributed by atoms with van der Waals surface area (Å²) < 4.78 is 5.42. The molecule has 0 aliphatic carbocycles. The second-order valence-corrected chi connectivity index (χ2v) is 7.70. The lowest BCUT2D eigenvalue weighted by Crippen LogP contribution is -2.50. The first-order valence-electron chi connectivity index (χ1n) is 9.31. The first-order chi connectivity index (χ1) is 12.6. The topological polar surface area (TPSA) is 82.1 Å². The molecule has 2 amide bonds. The Labute approximate surface area is 162 Å². The molecule has 1 aliphatic heterocycles. The van der Waals surface area contributed by atoms with Gasteiger partial charge in [-0.05, 0) is 45.3 Å². The Bertz CT molecular complexity index is 583. The van der Waals surface area contributed by atoms with Gasteiger partial charge in [0.2, 0.25) is 0 Å². The molecule has 152 valence electrons. The predicted molar refractivity (Wildman–Crippen MR) is 105 cm³/mol. The van der Waals surface area contributed by atoms with Crippen LogP contribution in [0.1, 0.15) is 34.6 Å². The third-order valence-corrected chi connectivity index (χ3v) is 4.06. The average molecular weight is 380 g/mol. The number of amides is 2. The minimum Gasteiger partial charge on any atom is -0.444 e. The van der Waals surface area contributed by atoms with Crippen molar-refractivity contribution in [1.29, 1.82) is 0 Å². The van der Waals surface area contributed by atoms with Crippen molar-refractivity contribution in [1.82, 2.24) is 15.3 Å². The number of hydrogen-bond donors (Lipinski definition) is 2. The van der Waals surface area contributed by atoms with E-state index in [9.17, 15) is 9.59 Å². The molecule has 0 bridgehead atoms. The molecule has 2 N–H and O–H groups in total. The van der Waals surface area contributed by atoms with Crippen LogP contribution in [0, 0.1) is 5.92 Å². The van der Waals surface area contributed by atoms with Gasteiger partial charge in [-0.25, -0.2) is 10.3 Å². The van der Waals surface area contributed by atoms with Crippen LogP contribution >= 0.6 is 0 Å². The van der Waals surface area contributed by atoms with Crippen LogP contribution in [0.5, 0.6) is 0 Å². The molecule has 7 heteroatoms. The van der Waals surface area contributed by atoms with Crippen LogP contribution in [0.2, 0.25) is 0 Å². The second-order valence-electron chi connectivity index (χ2n) is 7.70. The molecular weight excluding hydrogens is 346 g/mol. The zero-order valence-electron chi connectivity index (χ0n) is 17.1. The maximum atomic E-state index is 12.1. The van der Waals surface area contributed by atoms with Crippen molar-refractivity contribution in [3.63, 3.8) is 0 Å². The number of carbonyl (C=O) groups is 2. The van der Waals surface area contributed by atoms with Gasteiger partial charge in [0, 0.05) is 38.8 Å². The summed E-state index contributed by atoms with van der Waals surface area (Å²) >= 11 is 0. The minimum absolute atomic E-state index is 0.244. The van der Waals surface area contributed by atoms with Crippen LogP contribution in [-0.2, 0) is 9.53 Å². The van der Waals surface area contributed by atoms with E-state index in [1.54, 1.807) is 16.5 Å². The number of nitrogens with zero attached hydrogens (tertiary/aromatic N) is 2. The lowest BCUT2D eigenvalue weighted by Gasteiger charge is -2.36. The Morgan fingerprint density at radius 3 is 2.30 bits per heavy atom. The van der Waals surface area contributed by atoms with Crippen LogP contribution in [0.15, 0.2) is 36.0 Å². The molecule has 0 aromatic heterocycles. The number of carbonyl (C=O) groups excluding carboxylic acids is 2. The van der Waals surface area contributed by atoms with Gasteiger partial charge in [0.15, 0.2) is 0 Å². The third kappa shape index (κ3) is 9.40. The number of ether oxygens (including phenoxy) is 1. The van der Waals surface area contributed by atoms with Crippen molar-refractivity contribution >= 4 is 12.0 Å². The van der Waals surface area contributed by atoms with Gasteiger partial charge in [0.05, 0.1) is 0 Å². The van der Waals surface area contributed by atoms with Crippen LogP contribution < -0.4 is 5.48 Å². The highest BCUT2D eigenvalue weighted by Gasteiger charge is 2.25. The number of allylic oxidation sites excluding steroid dienone is 4. The molecule has 27 heavy (non-hydrogen) atoms. The lowest BCUT2D eigenvalue weighted by atomic mass is 10.1. The van der Waals surface area contributed by atoms with Gasteiger partial charge in [0.1, 0.15) is 5.60 Å². The molecule has 1 unspecified atom stereocenters. The maximum Gasteiger partial charge on any atom is 0.410 e. The van der Waals surface area contributed by atoms with Gasteiger partial charge < -0.3 is 9.64 Å². The van der Waals surface area contributed by atoms with Crippen molar-refractivity contribution < 1.29 is 19.5 Å². The molecule has 1 heterocycles. The second kappa shape index (κ2) is 10.9. The summed E-state index contributed by atoms with van der Waals surface area (Å²) in [4.78, 5) is 27.2. The predicted octanol–water partition coefficient (Wildman–Crippen LogP) is 2.74. The van der Waals surface area contributed by atoms with Gasteiger partial charge in [0.25, 0.3) is 5.91 Å². The first-order valence-corrected chi connectivity index (χ1v) is 9.31. The Kier molecular flexibility index (Phi) is 9.25. The summed E-state index contributed by atoms with van der Waals surface area (Å²) in [6.45, 7) is 13.5. The van der Waals surface area contributed by atoms with E-state index < -0.39 is 11.5 Å². The fourth-order valence-electron chi connectivity index (χ4n) is 2.64. The Morgan fingerprint density at radius 1 is 1.15 bits per heavy atom. The van der Waals surface area contributed by atoms with Gasteiger partial charge in [-0.15, -0.1) is 0 Å². The molecule has 1 atom stereocenters. The van der Waals surface area contributed by atoms with Gasteiger partial charge in [-0.2, -0.15) is 0 Å². The fourth-order valence-corrected chi connectivity index (χ4v) is 2.64. The highest BCUT2D eigenvalue weighted by molar-refractivity contribution is 5.87. The summed E-state index contributed by atoms with van der Waals surface area (Å²) in [5.41, 5.74) is 1.99. The first kappa shape index (κ1) is 22.9. The van der Waals surface area contributed by atoms with Crippen molar-refractivity contribution in [3.05, 3.63) is 36.0 Å². The van der Waals surface area contributed by atoms with Crippen molar-refractivity contribution in [2.75, 3.05) is 32.7 Å². The molecule has 7 nitrogen and oxygen atoms in total. The van der Waals surface area contributed by atoms with E-state index in [1.165, 1.54) is 6.08 Å². The van der Waals surface area contributed by atoms with Crippen molar-refractivity contribution in [2.45, 2.75) is 40.2 Å². The maximum absolute atomic E-state index is 12.1. The Morgan fingerprint density at radius 2 is 1.78 bits per heavy atom. The SMILES string of the molecule is C/C=C(\C=C/C(C)CN1CCN(C(=O)OC(C)(C)C)CC1)/C=C/C(=O)NO. The third-order valence-electron chi connectivity index (χ3n) is 4.06. The van der Waals surface area contributed by atoms with E-state index in [2.05, 4.69) is 17.9 Å². The number of hydroxylamine groups is 1. The molecule has 1 aliphatic rings. The van der Waals surface area contributed by atoms with Gasteiger partial charge in [-0.1, -0.05) is 25.2 Å². The monoisotopic (exact) mass is 379 g/mol. The summed E-state index contributed by atoms with van der Waals surface area (Å²) in [7, 11) is 0. The van der Waals surface area contributed by atoms with E-state index >= 15 is 0 Å². The molecule has 0 radical (unpaired) electrons. The van der Waals surface area contributed by atoms with Gasteiger partial charge >= 0.3 is 6.09 Å². The average Bonchev–Trinajstić information content (AvgIpc) is 2.60. The largest absolute Gasteiger partial charge is 0.444 e. The summed E-state index contributed by atoms with van der Waals surface area (Å²) in [6.07, 6.45) is 8.63. The molecule has 1 rings (SSSR count). The summed E-state index contributed by atoms with van der Waals surface area (Å²) in [6, 6.07) is 0. The zero-order chi connectivity index (χ0) is 20.4. The minimum atomic E-state index is -0.557. The smallest absolute Gasteiger partial charge is 0.410 e. The quantitative estimate of drug-likeness (QED) is 0.321. The fraction of sp³-hybridized carbons (Fsp3) is 0.600. The Balaban J connectivity index is 2.44. The highest BCUT2D eigenvalue weighted by Crippen LogP contribution is 2.13. The van der Waals surface area contributed by atoms with Crippen LogP contribution in [0.3, 0.4) is 0 Å². The van der Waals surface area contributed by atoms with Gasteiger partial charge in [-0.3, -0.25) is 14.9 Å². The molecule has 1 fully saturated rings. The molecule has 0 spiro atoms. The standard InChI is InChI=1S/C20H33N3O4/c1-6-17(9-10-18(24)21-26)8-7-16(2)15-22-11-13-23(14-12-22)19(25)27-20(3,4)5/h6-10,16,26H,11-15H2,1-5H3,(H,21,24)/b8-7-,10-9+,17-6+.